The van der Waals surface area contributed by atoms with Crippen LogP contribution in [-0.2, 0) is 13.6 Å². The summed E-state index contributed by atoms with van der Waals surface area (Å²) >= 11 is 0. The number of aromatic amines is 1. The number of pyridine rings is 1. The van der Waals surface area contributed by atoms with Crippen molar-refractivity contribution in [3.8, 4) is 0 Å². The second-order valence-electron chi connectivity index (χ2n) is 7.98. The lowest BCUT2D eigenvalue weighted by Gasteiger charge is -2.33. The summed E-state index contributed by atoms with van der Waals surface area (Å²) in [6, 6.07) is 1.65. The van der Waals surface area contributed by atoms with Crippen LogP contribution >= 0.6 is 0 Å². The summed E-state index contributed by atoms with van der Waals surface area (Å²) in [6.45, 7) is 4.61. The number of nitrogens with one attached hydrogen (secondary N) is 1. The topological polar surface area (TPSA) is 119 Å². The Hall–Kier alpha value is -3.30. The van der Waals surface area contributed by atoms with Crippen LogP contribution in [0.25, 0.3) is 11.0 Å². The molecule has 2 aliphatic rings. The predicted octanol–water partition coefficient (Wildman–Crippen LogP) is 0.616. The highest BCUT2D eigenvalue weighted by Gasteiger charge is 2.36. The number of aryl methyl sites for hydroxylation is 2. The van der Waals surface area contributed by atoms with Gasteiger partial charge in [0.1, 0.15) is 11.5 Å². The van der Waals surface area contributed by atoms with Crippen LogP contribution in [0.1, 0.15) is 59.4 Å². The Labute approximate surface area is 165 Å². The van der Waals surface area contributed by atoms with Crippen LogP contribution in [0.3, 0.4) is 0 Å². The van der Waals surface area contributed by atoms with Gasteiger partial charge in [-0.25, -0.2) is 9.78 Å². The average Bonchev–Trinajstić information content (AvgIpc) is 3.43. The minimum absolute atomic E-state index is 0.0464. The van der Waals surface area contributed by atoms with Crippen LogP contribution in [0.15, 0.2) is 15.7 Å². The lowest BCUT2D eigenvalue weighted by molar-refractivity contribution is 0.0681. The van der Waals surface area contributed by atoms with E-state index in [-0.39, 0.29) is 28.5 Å². The summed E-state index contributed by atoms with van der Waals surface area (Å²) in [6.07, 6.45) is 2.27. The van der Waals surface area contributed by atoms with Crippen molar-refractivity contribution < 1.29 is 4.79 Å². The molecule has 3 aromatic heterocycles. The van der Waals surface area contributed by atoms with Crippen molar-refractivity contribution in [1.29, 1.82) is 0 Å². The number of H-pyrrole nitrogens is 1. The van der Waals surface area contributed by atoms with Crippen molar-refractivity contribution in [2.24, 2.45) is 7.05 Å². The Kier molecular flexibility index (Phi) is 3.74. The molecule has 1 aliphatic heterocycles. The number of rotatable bonds is 2. The number of amides is 1. The van der Waals surface area contributed by atoms with E-state index in [1.165, 1.54) is 11.6 Å². The molecule has 0 aromatic carbocycles. The third kappa shape index (κ3) is 2.70. The van der Waals surface area contributed by atoms with E-state index in [4.69, 9.17) is 0 Å². The minimum Gasteiger partial charge on any atom is -0.329 e. The zero-order chi connectivity index (χ0) is 20.4. The maximum absolute atomic E-state index is 13.4. The lowest BCUT2D eigenvalue weighted by atomic mass is 10.1. The van der Waals surface area contributed by atoms with Crippen molar-refractivity contribution in [2.45, 2.75) is 45.2 Å². The number of hydrogen-bond donors (Lipinski definition) is 1. The molecule has 0 spiro atoms. The molecule has 0 bridgehead atoms. The van der Waals surface area contributed by atoms with Crippen LogP contribution in [0.5, 0.6) is 0 Å². The molecule has 150 valence electrons. The molecule has 29 heavy (non-hydrogen) atoms. The maximum Gasteiger partial charge on any atom is 0.329 e. The molecule has 0 unspecified atom stereocenters. The van der Waals surface area contributed by atoms with Crippen LogP contribution in [-0.4, -0.2) is 46.7 Å². The Morgan fingerprint density at radius 1 is 1.24 bits per heavy atom. The van der Waals surface area contributed by atoms with Gasteiger partial charge >= 0.3 is 5.69 Å². The molecule has 10 heteroatoms. The molecule has 1 amide bonds. The van der Waals surface area contributed by atoms with Gasteiger partial charge in [0.2, 0.25) is 0 Å². The molecule has 10 nitrogen and oxygen atoms in total. The van der Waals surface area contributed by atoms with Crippen molar-refractivity contribution in [3.05, 3.63) is 49.8 Å². The molecule has 1 atom stereocenters. The number of aromatic nitrogens is 6. The standard InChI is InChI=1S/C19H21N7O3/c1-9-6-12(14-16(20-9)24(3)19(29)21-17(14)27)18(28)25-7-10(2)26-13(8-25)22-23-15(26)11-4-5-11/h6,10-11H,4-5,7-8H2,1-3H3,(H,21,27,29)/t10-/m0/s1. The fourth-order valence-electron chi connectivity index (χ4n) is 4.14. The molecule has 0 radical (unpaired) electrons. The van der Waals surface area contributed by atoms with Gasteiger partial charge in [-0.1, -0.05) is 0 Å². The number of nitrogens with zero attached hydrogens (tertiary/aromatic N) is 6. The van der Waals surface area contributed by atoms with Crippen molar-refractivity contribution in [1.82, 2.24) is 34.2 Å². The van der Waals surface area contributed by atoms with Crippen LogP contribution < -0.4 is 11.2 Å². The van der Waals surface area contributed by atoms with Gasteiger partial charge < -0.3 is 9.47 Å². The van der Waals surface area contributed by atoms with Gasteiger partial charge in [-0.2, -0.15) is 0 Å². The molecule has 1 N–H and O–H groups in total. The number of hydrogen-bond acceptors (Lipinski definition) is 6. The van der Waals surface area contributed by atoms with Gasteiger partial charge in [0.05, 0.1) is 23.5 Å². The molecule has 3 aromatic rings. The second kappa shape index (κ2) is 6.10. The normalized spacial score (nSPS) is 18.9. The fourth-order valence-corrected chi connectivity index (χ4v) is 4.14. The van der Waals surface area contributed by atoms with Gasteiger partial charge in [-0.05, 0) is 32.8 Å². The van der Waals surface area contributed by atoms with E-state index in [2.05, 4.69) is 24.7 Å². The first kappa shape index (κ1) is 17.8. The van der Waals surface area contributed by atoms with Crippen molar-refractivity contribution in [3.63, 3.8) is 0 Å². The first-order valence-corrected chi connectivity index (χ1v) is 9.68. The van der Waals surface area contributed by atoms with Gasteiger partial charge in [0, 0.05) is 25.2 Å². The number of carbonyl (C=O) groups is 1. The SMILES string of the molecule is Cc1cc(C(=O)N2Cc3nnc(C4CC4)n3[C@@H](C)C2)c2c(=O)[nH]c(=O)n(C)c2n1. The van der Waals surface area contributed by atoms with E-state index in [0.29, 0.717) is 24.7 Å². The van der Waals surface area contributed by atoms with Crippen molar-refractivity contribution >= 4 is 16.9 Å². The van der Waals surface area contributed by atoms with E-state index < -0.39 is 11.2 Å². The zero-order valence-electron chi connectivity index (χ0n) is 16.5. The lowest BCUT2D eigenvalue weighted by Crippen LogP contribution is -2.41. The Balaban J connectivity index is 1.59. The van der Waals surface area contributed by atoms with E-state index >= 15 is 0 Å². The summed E-state index contributed by atoms with van der Waals surface area (Å²) in [4.78, 5) is 46.1. The second-order valence-corrected chi connectivity index (χ2v) is 7.98. The molecule has 1 fully saturated rings. The van der Waals surface area contributed by atoms with Gasteiger partial charge in [0.25, 0.3) is 11.5 Å². The van der Waals surface area contributed by atoms with Gasteiger partial charge in [-0.3, -0.25) is 19.1 Å². The summed E-state index contributed by atoms with van der Waals surface area (Å²) in [7, 11) is 1.52. The molecule has 4 heterocycles. The summed E-state index contributed by atoms with van der Waals surface area (Å²) < 4.78 is 3.39. The molecule has 0 saturated heterocycles. The first-order valence-electron chi connectivity index (χ1n) is 9.68. The largest absolute Gasteiger partial charge is 0.329 e. The third-order valence-corrected chi connectivity index (χ3v) is 5.71. The zero-order valence-corrected chi connectivity index (χ0v) is 16.5. The Morgan fingerprint density at radius 2 is 2.00 bits per heavy atom. The summed E-state index contributed by atoms with van der Waals surface area (Å²) in [5.41, 5.74) is -0.168. The Morgan fingerprint density at radius 3 is 2.72 bits per heavy atom. The first-order chi connectivity index (χ1) is 13.8. The Bertz CT molecular complexity index is 1280. The van der Waals surface area contributed by atoms with Crippen LogP contribution in [0.2, 0.25) is 0 Å². The third-order valence-electron chi connectivity index (χ3n) is 5.71. The van der Waals surface area contributed by atoms with Crippen LogP contribution in [0.4, 0.5) is 0 Å². The predicted molar refractivity (Wildman–Crippen MR) is 104 cm³/mol. The summed E-state index contributed by atoms with van der Waals surface area (Å²) in [5, 5.41) is 8.79. The van der Waals surface area contributed by atoms with Gasteiger partial charge in [-0.15, -0.1) is 10.2 Å². The van der Waals surface area contributed by atoms with E-state index in [1.807, 2.05) is 6.92 Å². The number of carbonyl (C=O) groups excluding carboxylic acids is 1. The monoisotopic (exact) mass is 395 g/mol. The highest BCUT2D eigenvalue weighted by atomic mass is 16.2. The average molecular weight is 395 g/mol. The highest BCUT2D eigenvalue weighted by molar-refractivity contribution is 6.05. The number of fused-ring (bicyclic) bond motifs is 2. The van der Waals surface area contributed by atoms with Crippen molar-refractivity contribution in [2.75, 3.05) is 6.54 Å². The van der Waals surface area contributed by atoms with E-state index in [1.54, 1.807) is 17.9 Å². The highest BCUT2D eigenvalue weighted by Crippen LogP contribution is 2.41. The molecule has 1 saturated carbocycles. The molecule has 1 aliphatic carbocycles. The fraction of sp³-hybridized carbons (Fsp3) is 0.474. The van der Waals surface area contributed by atoms with E-state index in [9.17, 15) is 14.4 Å². The van der Waals surface area contributed by atoms with Gasteiger partial charge in [0.15, 0.2) is 5.82 Å². The quantitative estimate of drug-likeness (QED) is 0.679. The van der Waals surface area contributed by atoms with Crippen LogP contribution in [0, 0.1) is 6.92 Å². The molecular weight excluding hydrogens is 374 g/mol. The molecular formula is C19H21N7O3. The van der Waals surface area contributed by atoms with E-state index in [0.717, 1.165) is 24.5 Å². The maximum atomic E-state index is 13.4. The molecule has 5 rings (SSSR count). The summed E-state index contributed by atoms with van der Waals surface area (Å²) in [5.74, 6) is 1.97. The smallest absolute Gasteiger partial charge is 0.329 e. The minimum atomic E-state index is -0.608.